The van der Waals surface area contributed by atoms with Gasteiger partial charge in [0.05, 0.1) is 46.2 Å². The second kappa shape index (κ2) is 6.44. The molecule has 0 aliphatic carbocycles. The molecular weight excluding hydrogens is 375 g/mol. The van der Waals surface area contributed by atoms with E-state index in [0.717, 1.165) is 0 Å². The molecule has 3 aromatic heterocycles. The number of benzene rings is 1. The van der Waals surface area contributed by atoms with Crippen molar-refractivity contribution in [1.82, 2.24) is 24.4 Å². The Kier molecular flexibility index (Phi) is 4.10. The molecule has 0 atom stereocenters. The number of fused-ring (bicyclic) bond motifs is 1. The number of amides is 1. The Morgan fingerprint density at radius 2 is 2.00 bits per heavy atom. The van der Waals surface area contributed by atoms with Gasteiger partial charge in [-0.1, -0.05) is 23.2 Å². The van der Waals surface area contributed by atoms with Crippen LogP contribution < -0.4 is 5.32 Å². The van der Waals surface area contributed by atoms with Crippen molar-refractivity contribution in [2.45, 2.75) is 6.92 Å². The van der Waals surface area contributed by atoms with Crippen LogP contribution >= 0.6 is 23.2 Å². The summed E-state index contributed by atoms with van der Waals surface area (Å²) in [6, 6.07) is 6.88. The zero-order chi connectivity index (χ0) is 18.3. The van der Waals surface area contributed by atoms with Crippen molar-refractivity contribution in [3.05, 3.63) is 70.4 Å². The molecule has 130 valence electrons. The van der Waals surface area contributed by atoms with E-state index in [1.807, 2.05) is 6.92 Å². The molecule has 1 amide bonds. The zero-order valence-corrected chi connectivity index (χ0v) is 15.0. The molecule has 4 aromatic rings. The van der Waals surface area contributed by atoms with Crippen molar-refractivity contribution < 1.29 is 4.79 Å². The minimum atomic E-state index is -0.297. The minimum Gasteiger partial charge on any atom is -0.319 e. The number of halogens is 2. The summed E-state index contributed by atoms with van der Waals surface area (Å²) in [5.74, 6) is -0.297. The van der Waals surface area contributed by atoms with E-state index in [4.69, 9.17) is 23.2 Å². The van der Waals surface area contributed by atoms with Crippen LogP contribution in [-0.4, -0.2) is 30.3 Å². The fraction of sp³-hybridized carbons (Fsp3) is 0.0588. The summed E-state index contributed by atoms with van der Waals surface area (Å²) in [4.78, 5) is 16.8. The van der Waals surface area contributed by atoms with Crippen LogP contribution in [0.15, 0.2) is 49.1 Å². The molecule has 0 aliphatic rings. The van der Waals surface area contributed by atoms with Gasteiger partial charge in [0.15, 0.2) is 5.65 Å². The lowest BCUT2D eigenvalue weighted by atomic mass is 10.2. The molecule has 1 aromatic carbocycles. The molecule has 0 unspecified atom stereocenters. The van der Waals surface area contributed by atoms with E-state index >= 15 is 0 Å². The molecule has 0 bridgehead atoms. The Hall–Kier alpha value is -2.90. The lowest BCUT2D eigenvalue weighted by molar-refractivity contribution is 0.102. The van der Waals surface area contributed by atoms with Crippen molar-refractivity contribution in [1.29, 1.82) is 0 Å². The highest BCUT2D eigenvalue weighted by Crippen LogP contribution is 2.25. The first-order valence-electron chi connectivity index (χ1n) is 7.64. The molecular formula is C17H12Cl2N6O. The largest absolute Gasteiger partial charge is 0.319 e. The van der Waals surface area contributed by atoms with E-state index in [0.29, 0.717) is 38.3 Å². The Labute approximate surface area is 158 Å². The van der Waals surface area contributed by atoms with Crippen LogP contribution in [0.3, 0.4) is 0 Å². The molecule has 0 fully saturated rings. The SMILES string of the molecule is Cc1c(C(=O)Nc2cnn(-c3ccc(Cl)cc3Cl)c2)cnc2ccnn12. The smallest absolute Gasteiger partial charge is 0.259 e. The minimum absolute atomic E-state index is 0.297. The molecule has 7 nitrogen and oxygen atoms in total. The predicted molar refractivity (Wildman–Crippen MR) is 99.3 cm³/mol. The van der Waals surface area contributed by atoms with Crippen LogP contribution in [0.2, 0.25) is 10.0 Å². The van der Waals surface area contributed by atoms with Crippen LogP contribution in [0.5, 0.6) is 0 Å². The molecule has 0 saturated heterocycles. The van der Waals surface area contributed by atoms with Gasteiger partial charge in [-0.3, -0.25) is 4.79 Å². The number of nitrogens with one attached hydrogen (secondary N) is 1. The Balaban J connectivity index is 1.60. The highest BCUT2D eigenvalue weighted by atomic mass is 35.5. The molecule has 9 heteroatoms. The summed E-state index contributed by atoms with van der Waals surface area (Å²) < 4.78 is 3.18. The lowest BCUT2D eigenvalue weighted by Gasteiger charge is -2.07. The highest BCUT2D eigenvalue weighted by Gasteiger charge is 2.14. The van der Waals surface area contributed by atoms with Gasteiger partial charge in [0.2, 0.25) is 0 Å². The van der Waals surface area contributed by atoms with Crippen LogP contribution in [-0.2, 0) is 0 Å². The van der Waals surface area contributed by atoms with E-state index in [1.165, 1.54) is 12.4 Å². The van der Waals surface area contributed by atoms with Gasteiger partial charge in [-0.15, -0.1) is 0 Å². The Morgan fingerprint density at radius 3 is 2.81 bits per heavy atom. The Bertz CT molecular complexity index is 1130. The topological polar surface area (TPSA) is 77.1 Å². The first-order valence-corrected chi connectivity index (χ1v) is 8.39. The van der Waals surface area contributed by atoms with E-state index < -0.39 is 0 Å². The number of carbonyl (C=O) groups excluding carboxylic acids is 1. The molecule has 1 N–H and O–H groups in total. The molecule has 0 aliphatic heterocycles. The molecule has 0 spiro atoms. The molecule has 0 radical (unpaired) electrons. The Morgan fingerprint density at radius 1 is 1.15 bits per heavy atom. The van der Waals surface area contributed by atoms with Crippen LogP contribution in [0.25, 0.3) is 11.3 Å². The van der Waals surface area contributed by atoms with Crippen molar-refractivity contribution in [3.8, 4) is 5.69 Å². The van der Waals surface area contributed by atoms with Crippen LogP contribution in [0.4, 0.5) is 5.69 Å². The monoisotopic (exact) mass is 386 g/mol. The van der Waals surface area contributed by atoms with Crippen molar-refractivity contribution in [3.63, 3.8) is 0 Å². The zero-order valence-electron chi connectivity index (χ0n) is 13.5. The summed E-state index contributed by atoms with van der Waals surface area (Å²) >= 11 is 12.1. The van der Waals surface area contributed by atoms with Gasteiger partial charge in [0.25, 0.3) is 5.91 Å². The van der Waals surface area contributed by atoms with Gasteiger partial charge in [0, 0.05) is 17.3 Å². The second-order valence-electron chi connectivity index (χ2n) is 5.58. The first kappa shape index (κ1) is 16.6. The van der Waals surface area contributed by atoms with Gasteiger partial charge >= 0.3 is 0 Å². The molecule has 26 heavy (non-hydrogen) atoms. The number of nitrogens with zero attached hydrogens (tertiary/aromatic N) is 5. The third kappa shape index (κ3) is 2.91. The number of aryl methyl sites for hydroxylation is 1. The van der Waals surface area contributed by atoms with Gasteiger partial charge in [-0.05, 0) is 25.1 Å². The van der Waals surface area contributed by atoms with Crippen LogP contribution in [0, 0.1) is 6.92 Å². The van der Waals surface area contributed by atoms with Crippen molar-refractivity contribution >= 4 is 40.4 Å². The average Bonchev–Trinajstić information content (AvgIpc) is 3.24. The number of carbonyl (C=O) groups is 1. The van der Waals surface area contributed by atoms with Gasteiger partial charge < -0.3 is 5.32 Å². The second-order valence-corrected chi connectivity index (χ2v) is 6.43. The fourth-order valence-corrected chi connectivity index (χ4v) is 3.09. The standard InChI is InChI=1S/C17H12Cl2N6O/c1-10-13(8-20-16-4-5-21-25(10)16)17(26)23-12-7-22-24(9-12)15-3-2-11(18)6-14(15)19/h2-9H,1H3,(H,23,26). The van der Waals surface area contributed by atoms with Crippen LogP contribution in [0.1, 0.15) is 16.1 Å². The maximum absolute atomic E-state index is 12.6. The maximum atomic E-state index is 12.6. The van der Waals surface area contributed by atoms with Gasteiger partial charge in [-0.2, -0.15) is 10.2 Å². The highest BCUT2D eigenvalue weighted by molar-refractivity contribution is 6.35. The number of hydrogen-bond donors (Lipinski definition) is 1. The molecule has 0 saturated carbocycles. The predicted octanol–water partition coefficient (Wildman–Crippen LogP) is 3.78. The number of rotatable bonds is 3. The fourth-order valence-electron chi connectivity index (χ4n) is 2.60. The van der Waals surface area contributed by atoms with E-state index in [1.54, 1.807) is 45.9 Å². The van der Waals surface area contributed by atoms with Gasteiger partial charge in [-0.25, -0.2) is 14.2 Å². The molecule has 3 heterocycles. The normalized spacial score (nSPS) is 11.0. The van der Waals surface area contributed by atoms with Crippen molar-refractivity contribution in [2.24, 2.45) is 0 Å². The molecule has 4 rings (SSSR count). The summed E-state index contributed by atoms with van der Waals surface area (Å²) in [6.45, 7) is 1.81. The number of aromatic nitrogens is 5. The quantitative estimate of drug-likeness (QED) is 0.581. The first-order chi connectivity index (χ1) is 12.5. The van der Waals surface area contributed by atoms with Crippen molar-refractivity contribution in [2.75, 3.05) is 5.32 Å². The van der Waals surface area contributed by atoms with Gasteiger partial charge in [0.1, 0.15) is 0 Å². The number of anilines is 1. The summed E-state index contributed by atoms with van der Waals surface area (Å²) in [7, 11) is 0. The third-order valence-electron chi connectivity index (χ3n) is 3.90. The summed E-state index contributed by atoms with van der Waals surface area (Å²) in [5.41, 5.74) is 3.00. The average molecular weight is 387 g/mol. The third-order valence-corrected chi connectivity index (χ3v) is 4.44. The lowest BCUT2D eigenvalue weighted by Crippen LogP contribution is -2.15. The summed E-state index contributed by atoms with van der Waals surface area (Å²) in [5, 5.41) is 12.2. The summed E-state index contributed by atoms with van der Waals surface area (Å²) in [6.07, 6.45) is 6.37. The van der Waals surface area contributed by atoms with E-state index in [2.05, 4.69) is 20.5 Å². The maximum Gasteiger partial charge on any atom is 0.259 e. The van der Waals surface area contributed by atoms with E-state index in [9.17, 15) is 4.79 Å². The number of hydrogen-bond acceptors (Lipinski definition) is 4. The van der Waals surface area contributed by atoms with E-state index in [-0.39, 0.29) is 5.91 Å².